The first-order chi connectivity index (χ1) is 11.2. The van der Waals surface area contributed by atoms with E-state index in [0.29, 0.717) is 6.54 Å². The Morgan fingerprint density at radius 2 is 1.88 bits per heavy atom. The van der Waals surface area contributed by atoms with E-state index in [0.717, 1.165) is 19.0 Å². The fraction of sp³-hybridized carbons (Fsp3) is 0.500. The van der Waals surface area contributed by atoms with Crippen molar-refractivity contribution in [2.45, 2.75) is 24.4 Å². The molecule has 0 unspecified atom stereocenters. The molecule has 136 valence electrons. The van der Waals surface area contributed by atoms with Gasteiger partial charge in [-0.1, -0.05) is 13.0 Å². The molecule has 1 amide bonds. The highest BCUT2D eigenvalue weighted by Gasteiger charge is 2.28. The Kier molecular flexibility index (Phi) is 7.64. The summed E-state index contributed by atoms with van der Waals surface area (Å²) in [5, 5.41) is 4.72. The highest BCUT2D eigenvalue weighted by atomic mass is 32.2. The average Bonchev–Trinajstić information content (AvgIpc) is 2.52. The van der Waals surface area contributed by atoms with Crippen molar-refractivity contribution in [1.82, 2.24) is 15.4 Å². The molecule has 0 saturated carbocycles. The summed E-state index contributed by atoms with van der Waals surface area (Å²) >= 11 is 0. The van der Waals surface area contributed by atoms with Crippen molar-refractivity contribution in [3.63, 3.8) is 0 Å². The van der Waals surface area contributed by atoms with Crippen LogP contribution in [-0.4, -0.2) is 46.7 Å². The number of carbonyl (C=O) groups excluding carboxylic acids is 1. The molecular formula is C14H20F3N3O3S. The number of amides is 1. The molecule has 0 aliphatic rings. The maximum Gasteiger partial charge on any atom is 0.405 e. The lowest BCUT2D eigenvalue weighted by molar-refractivity contribution is -0.123. The van der Waals surface area contributed by atoms with Crippen LogP contribution in [-0.2, 0) is 10.0 Å². The second kappa shape index (κ2) is 9.00. The van der Waals surface area contributed by atoms with Gasteiger partial charge in [-0.2, -0.15) is 13.2 Å². The molecule has 0 fully saturated rings. The first-order valence-electron chi connectivity index (χ1n) is 7.31. The third kappa shape index (κ3) is 7.28. The minimum Gasteiger partial charge on any atom is -0.343 e. The van der Waals surface area contributed by atoms with Crippen molar-refractivity contribution in [3.8, 4) is 0 Å². The normalized spacial score (nSPS) is 12.2. The topological polar surface area (TPSA) is 87.3 Å². The van der Waals surface area contributed by atoms with Gasteiger partial charge in [-0.05, 0) is 31.2 Å². The van der Waals surface area contributed by atoms with Crippen LogP contribution in [0.4, 0.5) is 13.2 Å². The fourth-order valence-electron chi connectivity index (χ4n) is 1.75. The van der Waals surface area contributed by atoms with Crippen molar-refractivity contribution >= 4 is 15.9 Å². The van der Waals surface area contributed by atoms with Gasteiger partial charge in [0.2, 0.25) is 10.0 Å². The minimum atomic E-state index is -4.54. The van der Waals surface area contributed by atoms with E-state index < -0.39 is 28.7 Å². The first-order valence-corrected chi connectivity index (χ1v) is 8.79. The molecular weight excluding hydrogens is 347 g/mol. The molecule has 1 aromatic rings. The standard InChI is InChI=1S/C14H20F3N3O3S/c1-2-6-18-7-8-20-24(22,23)12-5-3-4-11(9-12)13(21)19-10-14(15,16)17/h3-5,9,18,20H,2,6-8,10H2,1H3,(H,19,21). The van der Waals surface area contributed by atoms with E-state index in [9.17, 15) is 26.4 Å². The van der Waals surface area contributed by atoms with Crippen molar-refractivity contribution < 1.29 is 26.4 Å². The molecule has 1 rings (SSSR count). The van der Waals surface area contributed by atoms with Gasteiger partial charge in [0.25, 0.3) is 5.91 Å². The molecule has 0 heterocycles. The maximum absolute atomic E-state index is 12.1. The van der Waals surface area contributed by atoms with Crippen LogP contribution in [0.5, 0.6) is 0 Å². The van der Waals surface area contributed by atoms with E-state index in [2.05, 4.69) is 10.0 Å². The highest BCUT2D eigenvalue weighted by Crippen LogP contribution is 2.14. The molecule has 0 spiro atoms. The lowest BCUT2D eigenvalue weighted by Gasteiger charge is -2.10. The molecule has 0 atom stereocenters. The lowest BCUT2D eigenvalue weighted by atomic mass is 10.2. The molecule has 0 radical (unpaired) electrons. The van der Waals surface area contributed by atoms with Gasteiger partial charge in [-0.15, -0.1) is 0 Å². The lowest BCUT2D eigenvalue weighted by Crippen LogP contribution is -2.34. The number of sulfonamides is 1. The summed E-state index contributed by atoms with van der Waals surface area (Å²) < 4.78 is 62.9. The summed E-state index contributed by atoms with van der Waals surface area (Å²) in [6, 6.07) is 4.84. The van der Waals surface area contributed by atoms with E-state index in [1.165, 1.54) is 18.2 Å². The van der Waals surface area contributed by atoms with Crippen LogP contribution in [0.15, 0.2) is 29.2 Å². The number of halogens is 3. The molecule has 0 aliphatic carbocycles. The second-order valence-corrected chi connectivity index (χ2v) is 6.74. The third-order valence-corrected chi connectivity index (χ3v) is 4.34. The monoisotopic (exact) mass is 367 g/mol. The number of benzene rings is 1. The van der Waals surface area contributed by atoms with Gasteiger partial charge in [0.1, 0.15) is 6.54 Å². The Balaban J connectivity index is 2.71. The number of hydrogen-bond donors (Lipinski definition) is 3. The number of hydrogen-bond acceptors (Lipinski definition) is 4. The fourth-order valence-corrected chi connectivity index (χ4v) is 2.82. The third-order valence-electron chi connectivity index (χ3n) is 2.88. The van der Waals surface area contributed by atoms with Crippen LogP contribution >= 0.6 is 0 Å². The van der Waals surface area contributed by atoms with Gasteiger partial charge < -0.3 is 10.6 Å². The molecule has 0 saturated heterocycles. The first kappa shape index (κ1) is 20.4. The van der Waals surface area contributed by atoms with Gasteiger partial charge >= 0.3 is 6.18 Å². The Bertz CT molecular complexity index is 648. The Morgan fingerprint density at radius 1 is 1.17 bits per heavy atom. The van der Waals surface area contributed by atoms with Gasteiger partial charge in [-0.25, -0.2) is 13.1 Å². The van der Waals surface area contributed by atoms with Gasteiger partial charge in [0.05, 0.1) is 4.90 Å². The molecule has 6 nitrogen and oxygen atoms in total. The Morgan fingerprint density at radius 3 is 2.50 bits per heavy atom. The number of nitrogens with one attached hydrogen (secondary N) is 3. The van der Waals surface area contributed by atoms with Crippen LogP contribution < -0.4 is 15.4 Å². The summed E-state index contributed by atoms with van der Waals surface area (Å²) in [4.78, 5) is 11.5. The minimum absolute atomic E-state index is 0.160. The molecule has 24 heavy (non-hydrogen) atoms. The quantitative estimate of drug-likeness (QED) is 0.574. The van der Waals surface area contributed by atoms with E-state index in [1.54, 1.807) is 5.32 Å². The van der Waals surface area contributed by atoms with Gasteiger partial charge in [0, 0.05) is 18.7 Å². The highest BCUT2D eigenvalue weighted by molar-refractivity contribution is 7.89. The van der Waals surface area contributed by atoms with Gasteiger partial charge in [-0.3, -0.25) is 4.79 Å². The predicted molar refractivity (Wildman–Crippen MR) is 83.2 cm³/mol. The zero-order chi connectivity index (χ0) is 18.2. The predicted octanol–water partition coefficient (Wildman–Crippen LogP) is 1.26. The maximum atomic E-state index is 12.1. The van der Waals surface area contributed by atoms with Gasteiger partial charge in [0.15, 0.2) is 0 Å². The number of carbonyl (C=O) groups is 1. The molecule has 0 aromatic heterocycles. The zero-order valence-electron chi connectivity index (χ0n) is 13.1. The second-order valence-electron chi connectivity index (χ2n) is 4.97. The average molecular weight is 367 g/mol. The Labute approximate surface area is 138 Å². The van der Waals surface area contributed by atoms with Crippen LogP contribution in [0.25, 0.3) is 0 Å². The van der Waals surface area contributed by atoms with E-state index in [-0.39, 0.29) is 17.0 Å². The van der Waals surface area contributed by atoms with Crippen LogP contribution in [0.1, 0.15) is 23.7 Å². The molecule has 3 N–H and O–H groups in total. The molecule has 1 aromatic carbocycles. The smallest absolute Gasteiger partial charge is 0.343 e. The number of alkyl halides is 3. The van der Waals surface area contributed by atoms with Crippen molar-refractivity contribution in [2.75, 3.05) is 26.2 Å². The van der Waals surface area contributed by atoms with Crippen molar-refractivity contribution in [2.24, 2.45) is 0 Å². The molecule has 0 bridgehead atoms. The summed E-state index contributed by atoms with van der Waals surface area (Å²) in [6.07, 6.45) is -3.62. The Hall–Kier alpha value is -1.65. The van der Waals surface area contributed by atoms with Crippen LogP contribution in [0.2, 0.25) is 0 Å². The van der Waals surface area contributed by atoms with Crippen molar-refractivity contribution in [1.29, 1.82) is 0 Å². The van der Waals surface area contributed by atoms with E-state index in [4.69, 9.17) is 0 Å². The summed E-state index contributed by atoms with van der Waals surface area (Å²) in [5.74, 6) is -0.992. The largest absolute Gasteiger partial charge is 0.405 e. The zero-order valence-corrected chi connectivity index (χ0v) is 13.9. The molecule has 10 heteroatoms. The van der Waals surface area contributed by atoms with E-state index in [1.807, 2.05) is 6.92 Å². The summed E-state index contributed by atoms with van der Waals surface area (Å²) in [5.41, 5.74) is -0.161. The van der Waals surface area contributed by atoms with E-state index >= 15 is 0 Å². The number of rotatable bonds is 9. The summed E-state index contributed by atoms with van der Waals surface area (Å²) in [6.45, 7) is 1.86. The van der Waals surface area contributed by atoms with Crippen LogP contribution in [0, 0.1) is 0 Å². The summed E-state index contributed by atoms with van der Waals surface area (Å²) in [7, 11) is -3.84. The van der Waals surface area contributed by atoms with Crippen molar-refractivity contribution in [3.05, 3.63) is 29.8 Å². The SMILES string of the molecule is CCCNCCNS(=O)(=O)c1cccc(C(=O)NCC(F)(F)F)c1. The van der Waals surface area contributed by atoms with Crippen LogP contribution in [0.3, 0.4) is 0 Å². The molecule has 0 aliphatic heterocycles.